The van der Waals surface area contributed by atoms with Crippen LogP contribution in [0.2, 0.25) is 0 Å². The van der Waals surface area contributed by atoms with Gasteiger partial charge < -0.3 is 5.32 Å². The predicted molar refractivity (Wildman–Crippen MR) is 61.8 cm³/mol. The lowest BCUT2D eigenvalue weighted by molar-refractivity contribution is -0.125. The first-order valence-electron chi connectivity index (χ1n) is 6.03. The number of amides is 1. The van der Waals surface area contributed by atoms with Crippen molar-refractivity contribution < 1.29 is 4.79 Å². The highest BCUT2D eigenvalue weighted by molar-refractivity contribution is 5.79. The molecule has 4 nitrogen and oxygen atoms in total. The Morgan fingerprint density at radius 3 is 2.94 bits per heavy atom. The molecule has 0 aliphatic heterocycles. The van der Waals surface area contributed by atoms with Crippen molar-refractivity contribution in [1.82, 2.24) is 15.1 Å². The molecule has 0 spiro atoms. The summed E-state index contributed by atoms with van der Waals surface area (Å²) in [4.78, 5) is 11.8. The second-order valence-corrected chi connectivity index (χ2v) is 4.62. The van der Waals surface area contributed by atoms with Gasteiger partial charge in [-0.15, -0.1) is 0 Å². The lowest BCUT2D eigenvalue weighted by Gasteiger charge is -2.16. The van der Waals surface area contributed by atoms with Crippen LogP contribution in [0.4, 0.5) is 0 Å². The van der Waals surface area contributed by atoms with Crippen LogP contribution >= 0.6 is 0 Å². The lowest BCUT2D eigenvalue weighted by atomic mass is 10.1. The monoisotopic (exact) mass is 221 g/mol. The maximum atomic E-state index is 11.8. The summed E-state index contributed by atoms with van der Waals surface area (Å²) in [5.74, 6) is 0.470. The Labute approximate surface area is 96.0 Å². The largest absolute Gasteiger partial charge is 0.352 e. The Morgan fingerprint density at radius 2 is 2.31 bits per heavy atom. The summed E-state index contributed by atoms with van der Waals surface area (Å²) in [5.41, 5.74) is 0. The second-order valence-electron chi connectivity index (χ2n) is 4.62. The molecule has 1 aromatic rings. The molecule has 1 N–H and O–H groups in total. The molecule has 16 heavy (non-hydrogen) atoms. The van der Waals surface area contributed by atoms with Crippen molar-refractivity contribution in [3.8, 4) is 0 Å². The van der Waals surface area contributed by atoms with E-state index in [-0.39, 0.29) is 17.9 Å². The van der Waals surface area contributed by atoms with E-state index in [9.17, 15) is 4.79 Å². The fourth-order valence-corrected chi connectivity index (χ4v) is 2.28. The van der Waals surface area contributed by atoms with Crippen LogP contribution in [0.1, 0.15) is 32.6 Å². The second kappa shape index (κ2) is 5.14. The molecule has 1 amide bonds. The summed E-state index contributed by atoms with van der Waals surface area (Å²) in [7, 11) is 0. The minimum atomic E-state index is 0.146. The quantitative estimate of drug-likeness (QED) is 0.839. The molecule has 4 heteroatoms. The Kier molecular flexibility index (Phi) is 3.59. The van der Waals surface area contributed by atoms with Crippen molar-refractivity contribution in [2.45, 2.75) is 45.2 Å². The predicted octanol–water partition coefficient (Wildman–Crippen LogP) is 1.58. The number of nitrogens with zero attached hydrogens (tertiary/aromatic N) is 2. The van der Waals surface area contributed by atoms with E-state index in [0.717, 1.165) is 19.4 Å². The fourth-order valence-electron chi connectivity index (χ4n) is 2.28. The number of nitrogens with one attached hydrogen (secondary N) is 1. The highest BCUT2D eigenvalue weighted by Gasteiger charge is 2.23. The van der Waals surface area contributed by atoms with Crippen molar-refractivity contribution in [3.63, 3.8) is 0 Å². The van der Waals surface area contributed by atoms with Gasteiger partial charge in [0.2, 0.25) is 5.91 Å². The Balaban J connectivity index is 1.78. The molecule has 1 heterocycles. The molecule has 0 bridgehead atoms. The van der Waals surface area contributed by atoms with E-state index >= 15 is 0 Å². The number of aromatic nitrogens is 2. The van der Waals surface area contributed by atoms with Gasteiger partial charge >= 0.3 is 0 Å². The summed E-state index contributed by atoms with van der Waals surface area (Å²) >= 11 is 0. The van der Waals surface area contributed by atoms with Crippen LogP contribution < -0.4 is 5.32 Å². The Bertz CT molecular complexity index is 328. The van der Waals surface area contributed by atoms with Crippen LogP contribution in [-0.4, -0.2) is 21.7 Å². The first kappa shape index (κ1) is 11.2. The molecule has 0 radical (unpaired) electrons. The van der Waals surface area contributed by atoms with Gasteiger partial charge in [0.25, 0.3) is 0 Å². The zero-order valence-electron chi connectivity index (χ0n) is 9.72. The van der Waals surface area contributed by atoms with Gasteiger partial charge in [0, 0.05) is 24.4 Å². The number of carbonyl (C=O) groups excluding carboxylic acids is 1. The molecule has 1 aromatic heterocycles. The molecule has 1 saturated carbocycles. The smallest absolute Gasteiger partial charge is 0.223 e. The third-order valence-corrected chi connectivity index (χ3v) is 3.13. The topological polar surface area (TPSA) is 46.9 Å². The zero-order valence-corrected chi connectivity index (χ0v) is 9.72. The van der Waals surface area contributed by atoms with Gasteiger partial charge in [0.1, 0.15) is 0 Å². The van der Waals surface area contributed by atoms with Crippen LogP contribution in [0.3, 0.4) is 0 Å². The van der Waals surface area contributed by atoms with Crippen LogP contribution in [0, 0.1) is 5.92 Å². The molecule has 1 unspecified atom stereocenters. The van der Waals surface area contributed by atoms with E-state index in [0.29, 0.717) is 0 Å². The van der Waals surface area contributed by atoms with Gasteiger partial charge in [-0.25, -0.2) is 0 Å². The van der Waals surface area contributed by atoms with E-state index in [1.165, 1.54) is 12.8 Å². The highest BCUT2D eigenvalue weighted by atomic mass is 16.1. The van der Waals surface area contributed by atoms with E-state index in [2.05, 4.69) is 10.4 Å². The van der Waals surface area contributed by atoms with Crippen LogP contribution in [-0.2, 0) is 11.3 Å². The maximum Gasteiger partial charge on any atom is 0.223 e. The number of hydrogen-bond donors (Lipinski definition) is 1. The third-order valence-electron chi connectivity index (χ3n) is 3.13. The molecular weight excluding hydrogens is 202 g/mol. The first-order chi connectivity index (χ1) is 7.75. The van der Waals surface area contributed by atoms with Crippen molar-refractivity contribution in [2.75, 3.05) is 0 Å². The van der Waals surface area contributed by atoms with Crippen molar-refractivity contribution in [3.05, 3.63) is 18.5 Å². The first-order valence-corrected chi connectivity index (χ1v) is 6.03. The van der Waals surface area contributed by atoms with Gasteiger partial charge in [-0.05, 0) is 25.8 Å². The molecular formula is C12H19N3O. The van der Waals surface area contributed by atoms with Crippen molar-refractivity contribution >= 4 is 5.91 Å². The molecule has 1 aliphatic rings. The van der Waals surface area contributed by atoms with Crippen LogP contribution in [0.5, 0.6) is 0 Å². The normalized spacial score (nSPS) is 18.6. The summed E-state index contributed by atoms with van der Waals surface area (Å²) in [6.45, 7) is 2.76. The Hall–Kier alpha value is -1.32. The maximum absolute atomic E-state index is 11.8. The standard InChI is InChI=1S/C12H19N3O/c1-10(9-15-8-4-7-13-15)14-12(16)11-5-2-3-6-11/h4,7-8,10-11H,2-3,5-6,9H2,1H3,(H,14,16). The molecule has 2 rings (SSSR count). The number of hydrogen-bond acceptors (Lipinski definition) is 2. The zero-order chi connectivity index (χ0) is 11.4. The summed E-state index contributed by atoms with van der Waals surface area (Å²) < 4.78 is 1.85. The van der Waals surface area contributed by atoms with Gasteiger partial charge in [-0.1, -0.05) is 12.8 Å². The van der Waals surface area contributed by atoms with Crippen LogP contribution in [0.25, 0.3) is 0 Å². The van der Waals surface area contributed by atoms with E-state index < -0.39 is 0 Å². The number of carbonyl (C=O) groups is 1. The molecule has 88 valence electrons. The average Bonchev–Trinajstić information content (AvgIpc) is 2.88. The van der Waals surface area contributed by atoms with E-state index in [4.69, 9.17) is 0 Å². The summed E-state index contributed by atoms with van der Waals surface area (Å²) in [6.07, 6.45) is 8.18. The van der Waals surface area contributed by atoms with Gasteiger partial charge in [0.05, 0.1) is 6.54 Å². The summed E-state index contributed by atoms with van der Waals surface area (Å²) in [6, 6.07) is 2.04. The Morgan fingerprint density at radius 1 is 1.56 bits per heavy atom. The SMILES string of the molecule is CC(Cn1cccn1)NC(=O)C1CCCC1. The molecule has 1 aliphatic carbocycles. The minimum Gasteiger partial charge on any atom is -0.352 e. The molecule has 1 atom stereocenters. The molecule has 1 fully saturated rings. The van der Waals surface area contributed by atoms with Gasteiger partial charge in [0.15, 0.2) is 0 Å². The third kappa shape index (κ3) is 2.84. The van der Waals surface area contributed by atoms with Gasteiger partial charge in [-0.2, -0.15) is 5.10 Å². The van der Waals surface area contributed by atoms with E-state index in [1.807, 2.05) is 23.9 Å². The highest BCUT2D eigenvalue weighted by Crippen LogP contribution is 2.24. The van der Waals surface area contributed by atoms with E-state index in [1.54, 1.807) is 6.20 Å². The number of rotatable bonds is 4. The van der Waals surface area contributed by atoms with Gasteiger partial charge in [-0.3, -0.25) is 9.48 Å². The average molecular weight is 221 g/mol. The molecule has 0 aromatic carbocycles. The van der Waals surface area contributed by atoms with Crippen LogP contribution in [0.15, 0.2) is 18.5 Å². The fraction of sp³-hybridized carbons (Fsp3) is 0.667. The minimum absolute atomic E-state index is 0.146. The van der Waals surface area contributed by atoms with Crippen molar-refractivity contribution in [1.29, 1.82) is 0 Å². The molecule has 0 saturated heterocycles. The summed E-state index contributed by atoms with van der Waals surface area (Å²) in [5, 5.41) is 7.19. The van der Waals surface area contributed by atoms with Crippen molar-refractivity contribution in [2.24, 2.45) is 5.92 Å². The lowest BCUT2D eigenvalue weighted by Crippen LogP contribution is -2.38.